The molecule has 2 fully saturated rings. The normalized spacial score (nSPS) is 28.2. The van der Waals surface area contributed by atoms with Gasteiger partial charge in [-0.15, -0.1) is 0 Å². The first-order chi connectivity index (χ1) is 8.04. The van der Waals surface area contributed by atoms with Crippen LogP contribution in [-0.4, -0.2) is 35.3 Å². The van der Waals surface area contributed by atoms with Gasteiger partial charge in [-0.1, -0.05) is 0 Å². The van der Waals surface area contributed by atoms with Gasteiger partial charge in [0.05, 0.1) is 23.9 Å². The molecule has 0 bridgehead atoms. The highest BCUT2D eigenvalue weighted by atomic mass is 16.2. The zero-order valence-corrected chi connectivity index (χ0v) is 10.1. The van der Waals surface area contributed by atoms with Gasteiger partial charge in [-0.2, -0.15) is 5.26 Å². The van der Waals surface area contributed by atoms with Gasteiger partial charge in [0, 0.05) is 12.6 Å². The van der Waals surface area contributed by atoms with Crippen LogP contribution in [0.25, 0.3) is 0 Å². The van der Waals surface area contributed by atoms with Gasteiger partial charge in [-0.05, 0) is 26.7 Å². The van der Waals surface area contributed by atoms with Gasteiger partial charge in [0.25, 0.3) is 0 Å². The van der Waals surface area contributed by atoms with Crippen molar-refractivity contribution >= 4 is 11.8 Å². The molecule has 92 valence electrons. The number of carbonyl (C=O) groups is 2. The molecule has 2 rings (SSSR count). The van der Waals surface area contributed by atoms with Gasteiger partial charge in [0.1, 0.15) is 0 Å². The van der Waals surface area contributed by atoms with E-state index in [9.17, 15) is 9.59 Å². The number of amides is 2. The second kappa shape index (κ2) is 4.46. The molecular formula is C12H17N3O2. The summed E-state index contributed by atoms with van der Waals surface area (Å²) in [7, 11) is 0. The number of piperidine rings is 1. The van der Waals surface area contributed by atoms with Crippen LogP contribution in [0.5, 0.6) is 0 Å². The highest BCUT2D eigenvalue weighted by Crippen LogP contribution is 2.46. The largest absolute Gasteiger partial charge is 0.300 e. The van der Waals surface area contributed by atoms with E-state index in [1.807, 2.05) is 13.8 Å². The van der Waals surface area contributed by atoms with E-state index >= 15 is 0 Å². The third-order valence-electron chi connectivity index (χ3n) is 3.29. The maximum absolute atomic E-state index is 11.7. The first kappa shape index (κ1) is 12.1. The van der Waals surface area contributed by atoms with E-state index in [0.717, 1.165) is 6.42 Å². The summed E-state index contributed by atoms with van der Waals surface area (Å²) in [6.45, 7) is 4.29. The molecule has 0 aromatic carbocycles. The molecule has 1 aliphatic heterocycles. The third kappa shape index (κ3) is 2.32. The minimum atomic E-state index is -0.299. The molecule has 17 heavy (non-hydrogen) atoms. The second-order valence-electron chi connectivity index (χ2n) is 5.07. The zero-order valence-electron chi connectivity index (χ0n) is 10.1. The van der Waals surface area contributed by atoms with E-state index in [4.69, 9.17) is 5.26 Å². The molecule has 1 heterocycles. The first-order valence-electron chi connectivity index (χ1n) is 6.05. The molecule has 1 N–H and O–H groups in total. The lowest BCUT2D eigenvalue weighted by molar-refractivity contribution is -0.141. The topological polar surface area (TPSA) is 73.2 Å². The monoisotopic (exact) mass is 235 g/mol. The number of nitrogens with zero attached hydrogens (tertiary/aromatic N) is 2. The Kier molecular flexibility index (Phi) is 3.16. The average Bonchev–Trinajstić information content (AvgIpc) is 3.01. The molecule has 1 saturated carbocycles. The Morgan fingerprint density at radius 1 is 1.41 bits per heavy atom. The highest BCUT2D eigenvalue weighted by Gasteiger charge is 2.58. The van der Waals surface area contributed by atoms with Crippen LogP contribution in [0.2, 0.25) is 0 Å². The van der Waals surface area contributed by atoms with Gasteiger partial charge in [-0.25, -0.2) is 0 Å². The molecule has 0 aromatic heterocycles. The highest BCUT2D eigenvalue weighted by molar-refractivity contribution is 6.08. The van der Waals surface area contributed by atoms with Crippen molar-refractivity contribution in [3.8, 4) is 6.07 Å². The molecule has 3 unspecified atom stereocenters. The molecule has 3 atom stereocenters. The third-order valence-corrected chi connectivity index (χ3v) is 3.29. The van der Waals surface area contributed by atoms with E-state index in [2.05, 4.69) is 11.4 Å². The van der Waals surface area contributed by atoms with Crippen molar-refractivity contribution in [2.24, 2.45) is 11.8 Å². The quantitative estimate of drug-likeness (QED) is 0.694. The van der Waals surface area contributed by atoms with Crippen LogP contribution in [0.1, 0.15) is 26.7 Å². The predicted octanol–water partition coefficient (Wildman–Crippen LogP) is 0.272. The van der Waals surface area contributed by atoms with E-state index in [1.54, 1.807) is 0 Å². The molecule has 0 aromatic rings. The van der Waals surface area contributed by atoms with E-state index in [0.29, 0.717) is 13.0 Å². The van der Waals surface area contributed by atoms with Crippen LogP contribution >= 0.6 is 0 Å². The van der Waals surface area contributed by atoms with Crippen LogP contribution in [0.15, 0.2) is 0 Å². The smallest absolute Gasteiger partial charge is 0.233 e. The molecule has 0 radical (unpaired) electrons. The van der Waals surface area contributed by atoms with Gasteiger partial charge >= 0.3 is 0 Å². The molecule has 2 amide bonds. The summed E-state index contributed by atoms with van der Waals surface area (Å²) in [5.74, 6) is -0.162. The summed E-state index contributed by atoms with van der Waals surface area (Å²) in [5, 5.41) is 12.0. The van der Waals surface area contributed by atoms with Crippen LogP contribution < -0.4 is 5.32 Å². The lowest BCUT2D eigenvalue weighted by Gasteiger charge is -2.19. The zero-order chi connectivity index (χ0) is 12.6. The molecule has 1 saturated heterocycles. The molecule has 0 spiro atoms. The Morgan fingerprint density at radius 3 is 2.47 bits per heavy atom. The summed E-state index contributed by atoms with van der Waals surface area (Å²) < 4.78 is 0. The van der Waals surface area contributed by atoms with Crippen LogP contribution in [-0.2, 0) is 9.59 Å². The fraction of sp³-hybridized carbons (Fsp3) is 0.750. The van der Waals surface area contributed by atoms with Gasteiger partial charge < -0.3 is 0 Å². The number of hydrogen-bond donors (Lipinski definition) is 1. The van der Waals surface area contributed by atoms with Crippen molar-refractivity contribution in [2.45, 2.75) is 38.8 Å². The summed E-state index contributed by atoms with van der Waals surface area (Å²) in [4.78, 5) is 24.7. The summed E-state index contributed by atoms with van der Waals surface area (Å²) in [6, 6.07) is 2.07. The number of nitriles is 1. The van der Waals surface area contributed by atoms with Gasteiger partial charge in [-0.3, -0.25) is 19.8 Å². The number of hydrogen-bond acceptors (Lipinski definition) is 4. The predicted molar refractivity (Wildman–Crippen MR) is 60.6 cm³/mol. The van der Waals surface area contributed by atoms with Crippen molar-refractivity contribution in [3.63, 3.8) is 0 Å². The number of likely N-dealkylation sites (tertiary alicyclic amines) is 1. The summed E-state index contributed by atoms with van der Waals surface area (Å²) >= 11 is 0. The van der Waals surface area contributed by atoms with E-state index < -0.39 is 0 Å². The van der Waals surface area contributed by atoms with Crippen LogP contribution in [0.4, 0.5) is 0 Å². The molecule has 5 heteroatoms. The molecule has 1 aliphatic carbocycles. The Hall–Kier alpha value is -1.41. The van der Waals surface area contributed by atoms with Crippen molar-refractivity contribution < 1.29 is 9.59 Å². The Labute approximate surface area is 101 Å². The summed E-state index contributed by atoms with van der Waals surface area (Å²) in [6.07, 6.45) is 1.24. The van der Waals surface area contributed by atoms with E-state index in [1.165, 1.54) is 4.90 Å². The van der Waals surface area contributed by atoms with Gasteiger partial charge in [0.2, 0.25) is 11.8 Å². The Balaban J connectivity index is 1.84. The number of rotatable bonds is 5. The Bertz CT molecular complexity index is 366. The standard InChI is InChI=1S/C12H17N3O2/c1-7(2)14-8(6-13)3-4-15-11(16)9-5-10(9)12(15)17/h7-10,14H,3-5H2,1-2H3. The lowest BCUT2D eigenvalue weighted by atomic mass is 10.2. The fourth-order valence-corrected chi connectivity index (χ4v) is 2.32. The van der Waals surface area contributed by atoms with Crippen molar-refractivity contribution in [1.82, 2.24) is 10.2 Å². The molecular weight excluding hydrogens is 218 g/mol. The summed E-state index contributed by atoms with van der Waals surface area (Å²) in [5.41, 5.74) is 0. The minimum Gasteiger partial charge on any atom is -0.300 e. The Morgan fingerprint density at radius 2 is 2.00 bits per heavy atom. The number of imide groups is 1. The number of fused-ring (bicyclic) bond motifs is 1. The van der Waals surface area contributed by atoms with Gasteiger partial charge in [0.15, 0.2) is 0 Å². The maximum atomic E-state index is 11.7. The van der Waals surface area contributed by atoms with Crippen LogP contribution in [0, 0.1) is 23.2 Å². The SMILES string of the molecule is CC(C)NC(C#N)CCN1C(=O)C2CC2C1=O. The molecule has 2 aliphatic rings. The van der Waals surface area contributed by atoms with E-state index in [-0.39, 0.29) is 35.7 Å². The number of carbonyl (C=O) groups excluding carboxylic acids is 2. The first-order valence-corrected chi connectivity index (χ1v) is 6.05. The minimum absolute atomic E-state index is 0.0405. The lowest BCUT2D eigenvalue weighted by Crippen LogP contribution is -2.39. The van der Waals surface area contributed by atoms with Crippen molar-refractivity contribution in [3.05, 3.63) is 0 Å². The maximum Gasteiger partial charge on any atom is 0.233 e. The average molecular weight is 235 g/mol. The van der Waals surface area contributed by atoms with Crippen LogP contribution in [0.3, 0.4) is 0 Å². The fourth-order valence-electron chi connectivity index (χ4n) is 2.32. The molecule has 5 nitrogen and oxygen atoms in total. The second-order valence-corrected chi connectivity index (χ2v) is 5.07. The van der Waals surface area contributed by atoms with Crippen molar-refractivity contribution in [2.75, 3.05) is 6.54 Å². The van der Waals surface area contributed by atoms with Crippen molar-refractivity contribution in [1.29, 1.82) is 5.26 Å². The number of nitrogens with one attached hydrogen (secondary N) is 1.